The number of hydrogen-bond donors (Lipinski definition) is 0. The number of carbonyl (C=O) groups excluding carboxylic acids is 1. The second-order valence-corrected chi connectivity index (χ2v) is 7.25. The number of Topliss-reactive ketones (excluding diaryl/α,β-unsaturated/α-hetero) is 1. The lowest BCUT2D eigenvalue weighted by Crippen LogP contribution is -2.40. The number of hydrogen-bond acceptors (Lipinski definition) is 3. The van der Waals surface area contributed by atoms with Crippen LogP contribution in [0.15, 0.2) is 29.2 Å². The molecule has 1 aromatic carbocycles. The molecule has 1 fully saturated rings. The third-order valence-electron chi connectivity index (χ3n) is 4.33. The largest absolute Gasteiger partial charge is 0.301 e. The smallest absolute Gasteiger partial charge is 0.137 e. The summed E-state index contributed by atoms with van der Waals surface area (Å²) in [6, 6.07) is 8.96. The van der Waals surface area contributed by atoms with Gasteiger partial charge in [0.25, 0.3) is 0 Å². The van der Waals surface area contributed by atoms with Gasteiger partial charge in [0.05, 0.1) is 0 Å². The zero-order valence-electron chi connectivity index (χ0n) is 13.5. The predicted molar refractivity (Wildman–Crippen MR) is 91.0 cm³/mol. The van der Waals surface area contributed by atoms with Gasteiger partial charge in [0.1, 0.15) is 5.78 Å². The monoisotopic (exact) mass is 305 g/mol. The molecule has 0 unspecified atom stereocenters. The molecule has 1 aromatic rings. The molecule has 2 rings (SSSR count). The van der Waals surface area contributed by atoms with E-state index < -0.39 is 0 Å². The Morgan fingerprint density at radius 1 is 1.43 bits per heavy atom. The van der Waals surface area contributed by atoms with Gasteiger partial charge in [0.2, 0.25) is 0 Å². The first kappa shape index (κ1) is 16.6. The topological polar surface area (TPSA) is 20.3 Å². The first-order chi connectivity index (χ1) is 10.1. The van der Waals surface area contributed by atoms with Crippen molar-refractivity contribution in [3.05, 3.63) is 29.8 Å². The summed E-state index contributed by atoms with van der Waals surface area (Å²) in [6.07, 6.45) is 5.85. The number of nitrogens with zero attached hydrogens (tertiary/aromatic N) is 1. The number of ketones is 1. The molecule has 0 saturated carbocycles. The molecule has 0 aromatic heterocycles. The highest BCUT2D eigenvalue weighted by Crippen LogP contribution is 2.23. The van der Waals surface area contributed by atoms with Gasteiger partial charge in [-0.25, -0.2) is 0 Å². The average molecular weight is 305 g/mol. The summed E-state index contributed by atoms with van der Waals surface area (Å²) < 4.78 is 0. The van der Waals surface area contributed by atoms with Crippen LogP contribution in [-0.4, -0.2) is 36.1 Å². The van der Waals surface area contributed by atoms with E-state index in [9.17, 15) is 4.79 Å². The fourth-order valence-corrected chi connectivity index (χ4v) is 3.62. The van der Waals surface area contributed by atoms with E-state index in [1.807, 2.05) is 0 Å². The lowest BCUT2D eigenvalue weighted by molar-refractivity contribution is -0.119. The molecule has 0 aliphatic carbocycles. The van der Waals surface area contributed by atoms with E-state index in [0.29, 0.717) is 24.2 Å². The Morgan fingerprint density at radius 2 is 2.24 bits per heavy atom. The van der Waals surface area contributed by atoms with E-state index in [-0.39, 0.29) is 0 Å². The van der Waals surface area contributed by atoms with E-state index in [1.165, 1.54) is 24.3 Å². The van der Waals surface area contributed by atoms with Gasteiger partial charge in [-0.1, -0.05) is 12.1 Å². The molecule has 1 heterocycles. The first-order valence-electron chi connectivity index (χ1n) is 7.97. The molecule has 1 atom stereocenters. The Balaban J connectivity index is 1.86. The fraction of sp³-hybridized carbons (Fsp3) is 0.611. The SMILES string of the molecule is CSc1cccc(CC(=O)C[C@@H]2CCCN(C(C)C)C2)c1. The normalized spacial score (nSPS) is 19.9. The van der Waals surface area contributed by atoms with Gasteiger partial charge in [-0.3, -0.25) is 4.79 Å². The Kier molecular flexibility index (Phi) is 6.31. The van der Waals surface area contributed by atoms with Crippen molar-refractivity contribution in [2.24, 2.45) is 5.92 Å². The van der Waals surface area contributed by atoms with Gasteiger partial charge < -0.3 is 4.90 Å². The number of piperidine rings is 1. The molecule has 1 aliphatic rings. The highest BCUT2D eigenvalue weighted by molar-refractivity contribution is 7.98. The summed E-state index contributed by atoms with van der Waals surface area (Å²) in [7, 11) is 0. The highest BCUT2D eigenvalue weighted by Gasteiger charge is 2.23. The minimum absolute atomic E-state index is 0.392. The van der Waals surface area contributed by atoms with E-state index in [0.717, 1.165) is 18.5 Å². The second kappa shape index (κ2) is 8.00. The zero-order valence-corrected chi connectivity index (χ0v) is 14.3. The molecule has 1 saturated heterocycles. The van der Waals surface area contributed by atoms with Gasteiger partial charge in [0, 0.05) is 30.3 Å². The predicted octanol–water partition coefficient (Wildman–Crippen LogP) is 4.03. The molecule has 0 amide bonds. The Hall–Kier alpha value is -0.800. The van der Waals surface area contributed by atoms with Crippen LogP contribution in [0.5, 0.6) is 0 Å². The third kappa shape index (κ3) is 5.15. The Bertz CT molecular complexity index is 472. The van der Waals surface area contributed by atoms with E-state index in [1.54, 1.807) is 11.8 Å². The van der Waals surface area contributed by atoms with Crippen molar-refractivity contribution < 1.29 is 4.79 Å². The van der Waals surface area contributed by atoms with Crippen molar-refractivity contribution in [3.63, 3.8) is 0 Å². The van der Waals surface area contributed by atoms with Crippen LogP contribution >= 0.6 is 11.8 Å². The summed E-state index contributed by atoms with van der Waals surface area (Å²) in [5.74, 6) is 0.946. The minimum Gasteiger partial charge on any atom is -0.301 e. The minimum atomic E-state index is 0.392. The van der Waals surface area contributed by atoms with Crippen molar-refractivity contribution in [3.8, 4) is 0 Å². The number of rotatable bonds is 6. The van der Waals surface area contributed by atoms with Crippen LogP contribution in [0.25, 0.3) is 0 Å². The van der Waals surface area contributed by atoms with Crippen molar-refractivity contribution in [2.45, 2.75) is 50.5 Å². The summed E-state index contributed by atoms with van der Waals surface area (Å²) in [5.41, 5.74) is 1.16. The lowest BCUT2D eigenvalue weighted by Gasteiger charge is -2.35. The van der Waals surface area contributed by atoms with Gasteiger partial charge in [-0.2, -0.15) is 0 Å². The fourth-order valence-electron chi connectivity index (χ4n) is 3.14. The van der Waals surface area contributed by atoms with Gasteiger partial charge in [-0.05, 0) is 63.1 Å². The number of benzene rings is 1. The summed E-state index contributed by atoms with van der Waals surface area (Å²) in [5, 5.41) is 0. The van der Waals surface area contributed by atoms with Crippen LogP contribution in [0.2, 0.25) is 0 Å². The van der Waals surface area contributed by atoms with Crippen LogP contribution in [-0.2, 0) is 11.2 Å². The molecule has 2 nitrogen and oxygen atoms in total. The average Bonchev–Trinajstić information content (AvgIpc) is 2.47. The van der Waals surface area contributed by atoms with Crippen molar-refractivity contribution >= 4 is 17.5 Å². The van der Waals surface area contributed by atoms with Crippen LogP contribution in [0.4, 0.5) is 0 Å². The van der Waals surface area contributed by atoms with Crippen LogP contribution in [0.1, 0.15) is 38.7 Å². The second-order valence-electron chi connectivity index (χ2n) is 6.37. The van der Waals surface area contributed by atoms with Crippen molar-refractivity contribution in [1.82, 2.24) is 4.90 Å². The van der Waals surface area contributed by atoms with E-state index in [2.05, 4.69) is 49.3 Å². The van der Waals surface area contributed by atoms with Gasteiger partial charge in [0.15, 0.2) is 0 Å². The van der Waals surface area contributed by atoms with Crippen LogP contribution in [0.3, 0.4) is 0 Å². The molecule has 21 heavy (non-hydrogen) atoms. The summed E-state index contributed by atoms with van der Waals surface area (Å²) in [4.78, 5) is 16.1. The maximum atomic E-state index is 12.3. The molecule has 0 N–H and O–H groups in total. The maximum Gasteiger partial charge on any atom is 0.137 e. The maximum absolute atomic E-state index is 12.3. The number of likely N-dealkylation sites (tertiary alicyclic amines) is 1. The molecule has 3 heteroatoms. The zero-order chi connectivity index (χ0) is 15.2. The number of thioether (sulfide) groups is 1. The van der Waals surface area contributed by atoms with Gasteiger partial charge >= 0.3 is 0 Å². The quantitative estimate of drug-likeness (QED) is 0.740. The molecular formula is C18H27NOS. The summed E-state index contributed by atoms with van der Waals surface area (Å²) >= 11 is 1.73. The third-order valence-corrected chi connectivity index (χ3v) is 5.06. The molecule has 0 spiro atoms. The Labute approximate surface area is 133 Å². The lowest BCUT2D eigenvalue weighted by atomic mass is 9.90. The Morgan fingerprint density at radius 3 is 2.95 bits per heavy atom. The molecule has 116 valence electrons. The van der Waals surface area contributed by atoms with Crippen LogP contribution in [0, 0.1) is 5.92 Å². The van der Waals surface area contributed by atoms with Crippen molar-refractivity contribution in [2.75, 3.05) is 19.3 Å². The molecular weight excluding hydrogens is 278 g/mol. The standard InChI is InChI=1S/C18H27NOS/c1-14(2)19-9-5-7-16(13-19)11-17(20)10-15-6-4-8-18(12-15)21-3/h4,6,8,12,14,16H,5,7,9-11,13H2,1-3H3/t16-/m0/s1. The molecule has 1 aliphatic heterocycles. The number of carbonyl (C=O) groups is 1. The van der Waals surface area contributed by atoms with Crippen molar-refractivity contribution in [1.29, 1.82) is 0 Å². The van der Waals surface area contributed by atoms with E-state index >= 15 is 0 Å². The van der Waals surface area contributed by atoms with Gasteiger partial charge in [-0.15, -0.1) is 11.8 Å². The van der Waals surface area contributed by atoms with E-state index in [4.69, 9.17) is 0 Å². The first-order valence-corrected chi connectivity index (χ1v) is 9.19. The van der Waals surface area contributed by atoms with Crippen LogP contribution < -0.4 is 0 Å². The summed E-state index contributed by atoms with van der Waals surface area (Å²) in [6.45, 7) is 6.78. The molecule has 0 bridgehead atoms. The molecule has 0 radical (unpaired) electrons. The highest BCUT2D eigenvalue weighted by atomic mass is 32.2.